The summed E-state index contributed by atoms with van der Waals surface area (Å²) in [6, 6.07) is 22.2. The summed E-state index contributed by atoms with van der Waals surface area (Å²) in [5, 5.41) is 12.0. The van der Waals surface area contributed by atoms with E-state index < -0.39 is 0 Å². The average Bonchev–Trinajstić information content (AvgIpc) is 3.22. The minimum Gasteiger partial charge on any atom is -0.324 e. The summed E-state index contributed by atoms with van der Waals surface area (Å²) < 4.78 is 1.74. The van der Waals surface area contributed by atoms with Gasteiger partial charge in [-0.1, -0.05) is 65.2 Å². The van der Waals surface area contributed by atoms with Crippen molar-refractivity contribution in [2.45, 2.75) is 13.0 Å². The maximum atomic E-state index is 12.7. The molecule has 164 valence electrons. The Morgan fingerprint density at radius 3 is 2.39 bits per heavy atom. The molecule has 1 aliphatic heterocycles. The molecule has 0 bridgehead atoms. The van der Waals surface area contributed by atoms with Crippen LogP contribution in [-0.2, 0) is 0 Å². The van der Waals surface area contributed by atoms with Gasteiger partial charge in [-0.25, -0.2) is 4.68 Å². The van der Waals surface area contributed by atoms with Crippen molar-refractivity contribution < 1.29 is 4.79 Å². The zero-order valence-electron chi connectivity index (χ0n) is 17.6. The number of rotatable bonds is 4. The molecular formula is C25H19Cl2N5O. The Hall–Kier alpha value is -3.61. The molecule has 1 aromatic heterocycles. The molecule has 5 rings (SSSR count). The summed E-state index contributed by atoms with van der Waals surface area (Å²) in [5.74, 6) is 0.464. The number of carbonyl (C=O) groups excluding carboxylic acids is 1. The first-order chi connectivity index (χ1) is 16.0. The van der Waals surface area contributed by atoms with Crippen LogP contribution in [0.5, 0.6) is 0 Å². The SMILES string of the molecule is Cc1cccc(C(=O)Nc2nc3n(n2)C(c2ccc(Cl)cc2)C=C(c2ccc(Cl)cc2)N3)c1. The highest BCUT2D eigenvalue weighted by atomic mass is 35.5. The summed E-state index contributed by atoms with van der Waals surface area (Å²) >= 11 is 12.2. The number of fused-ring (bicyclic) bond motifs is 1. The number of allylic oxidation sites excluding steroid dienone is 1. The Morgan fingerprint density at radius 1 is 1.00 bits per heavy atom. The minimum absolute atomic E-state index is 0.216. The van der Waals surface area contributed by atoms with E-state index in [-0.39, 0.29) is 17.9 Å². The quantitative estimate of drug-likeness (QED) is 0.368. The van der Waals surface area contributed by atoms with Crippen LogP contribution in [0.1, 0.15) is 33.1 Å². The molecule has 1 amide bonds. The number of benzene rings is 3. The second-order valence-electron chi connectivity index (χ2n) is 7.74. The smallest absolute Gasteiger partial charge is 0.258 e. The van der Waals surface area contributed by atoms with Crippen LogP contribution >= 0.6 is 23.2 Å². The summed E-state index contributed by atoms with van der Waals surface area (Å²) in [6.45, 7) is 1.94. The Balaban J connectivity index is 1.51. The van der Waals surface area contributed by atoms with E-state index in [1.54, 1.807) is 10.7 Å². The second kappa shape index (κ2) is 8.73. The summed E-state index contributed by atoms with van der Waals surface area (Å²) in [6.07, 6.45) is 2.06. The number of aryl methyl sites for hydroxylation is 1. The number of anilines is 2. The molecule has 0 saturated heterocycles. The van der Waals surface area contributed by atoms with E-state index in [0.29, 0.717) is 21.6 Å². The number of hydrogen-bond acceptors (Lipinski definition) is 4. The normalized spacial score (nSPS) is 14.8. The van der Waals surface area contributed by atoms with Gasteiger partial charge in [-0.3, -0.25) is 10.1 Å². The van der Waals surface area contributed by atoms with Crippen LogP contribution in [-0.4, -0.2) is 20.7 Å². The lowest BCUT2D eigenvalue weighted by atomic mass is 10.0. The van der Waals surface area contributed by atoms with Crippen molar-refractivity contribution >= 4 is 46.7 Å². The highest BCUT2D eigenvalue weighted by Gasteiger charge is 2.26. The third-order valence-corrected chi connectivity index (χ3v) is 5.84. The molecule has 33 heavy (non-hydrogen) atoms. The van der Waals surface area contributed by atoms with Crippen LogP contribution < -0.4 is 10.6 Å². The topological polar surface area (TPSA) is 71.8 Å². The van der Waals surface area contributed by atoms with E-state index >= 15 is 0 Å². The van der Waals surface area contributed by atoms with E-state index in [4.69, 9.17) is 23.2 Å². The Bertz CT molecular complexity index is 1360. The van der Waals surface area contributed by atoms with Crippen LogP contribution in [0.4, 0.5) is 11.9 Å². The predicted octanol–water partition coefficient (Wildman–Crippen LogP) is 6.20. The lowest BCUT2D eigenvalue weighted by Gasteiger charge is -2.24. The van der Waals surface area contributed by atoms with Crippen LogP contribution in [0.2, 0.25) is 10.0 Å². The molecule has 1 aliphatic rings. The number of hydrogen-bond donors (Lipinski definition) is 2. The van der Waals surface area contributed by atoms with Crippen LogP contribution in [0.15, 0.2) is 78.9 Å². The number of amides is 1. The highest BCUT2D eigenvalue weighted by Crippen LogP contribution is 2.34. The van der Waals surface area contributed by atoms with E-state index in [1.165, 1.54) is 0 Å². The van der Waals surface area contributed by atoms with Crippen molar-refractivity contribution in [3.05, 3.63) is 111 Å². The first-order valence-electron chi connectivity index (χ1n) is 10.3. The zero-order chi connectivity index (χ0) is 22.9. The third kappa shape index (κ3) is 4.49. The van der Waals surface area contributed by atoms with Gasteiger partial charge in [-0.05, 0) is 60.5 Å². The zero-order valence-corrected chi connectivity index (χ0v) is 19.1. The van der Waals surface area contributed by atoms with Gasteiger partial charge in [0.2, 0.25) is 5.95 Å². The Labute approximate surface area is 200 Å². The third-order valence-electron chi connectivity index (χ3n) is 5.34. The molecule has 0 radical (unpaired) electrons. The molecule has 0 aliphatic carbocycles. The second-order valence-corrected chi connectivity index (χ2v) is 8.61. The summed E-state index contributed by atoms with van der Waals surface area (Å²) in [5.41, 5.74) is 4.35. The lowest BCUT2D eigenvalue weighted by molar-refractivity contribution is 0.102. The molecule has 1 unspecified atom stereocenters. The van der Waals surface area contributed by atoms with Gasteiger partial charge in [0.05, 0.1) is 0 Å². The fourth-order valence-electron chi connectivity index (χ4n) is 3.70. The number of nitrogens with one attached hydrogen (secondary N) is 2. The monoisotopic (exact) mass is 475 g/mol. The fraction of sp³-hybridized carbons (Fsp3) is 0.0800. The predicted molar refractivity (Wildman–Crippen MR) is 132 cm³/mol. The van der Waals surface area contributed by atoms with E-state index in [0.717, 1.165) is 22.4 Å². The van der Waals surface area contributed by atoms with Crippen molar-refractivity contribution in [1.29, 1.82) is 0 Å². The molecule has 3 aromatic carbocycles. The van der Waals surface area contributed by atoms with Crippen molar-refractivity contribution in [3.8, 4) is 0 Å². The molecule has 6 nitrogen and oxygen atoms in total. The van der Waals surface area contributed by atoms with Gasteiger partial charge in [-0.15, -0.1) is 5.10 Å². The molecular weight excluding hydrogens is 457 g/mol. The summed E-state index contributed by atoms with van der Waals surface area (Å²) in [7, 11) is 0. The molecule has 0 saturated carbocycles. The van der Waals surface area contributed by atoms with Crippen molar-refractivity contribution in [1.82, 2.24) is 14.8 Å². The van der Waals surface area contributed by atoms with Gasteiger partial charge < -0.3 is 5.32 Å². The van der Waals surface area contributed by atoms with E-state index in [2.05, 4.69) is 26.8 Å². The Morgan fingerprint density at radius 2 is 1.70 bits per heavy atom. The first-order valence-corrected chi connectivity index (χ1v) is 11.1. The largest absolute Gasteiger partial charge is 0.324 e. The molecule has 8 heteroatoms. The highest BCUT2D eigenvalue weighted by molar-refractivity contribution is 6.30. The molecule has 2 heterocycles. The molecule has 0 fully saturated rings. The molecule has 1 atom stereocenters. The van der Waals surface area contributed by atoms with Crippen LogP contribution in [0.25, 0.3) is 5.70 Å². The van der Waals surface area contributed by atoms with Crippen LogP contribution in [0, 0.1) is 6.92 Å². The average molecular weight is 476 g/mol. The maximum absolute atomic E-state index is 12.7. The van der Waals surface area contributed by atoms with Crippen molar-refractivity contribution in [2.75, 3.05) is 10.6 Å². The fourth-order valence-corrected chi connectivity index (χ4v) is 3.95. The van der Waals surface area contributed by atoms with Crippen molar-refractivity contribution in [3.63, 3.8) is 0 Å². The van der Waals surface area contributed by atoms with E-state index in [9.17, 15) is 4.79 Å². The van der Waals surface area contributed by atoms with Gasteiger partial charge in [0.15, 0.2) is 0 Å². The lowest BCUT2D eigenvalue weighted by Crippen LogP contribution is -2.20. The first kappa shape index (κ1) is 21.2. The molecule has 4 aromatic rings. The van der Waals surface area contributed by atoms with Gasteiger partial charge in [0.25, 0.3) is 11.9 Å². The van der Waals surface area contributed by atoms with Gasteiger partial charge in [0, 0.05) is 21.3 Å². The number of carbonyl (C=O) groups is 1. The minimum atomic E-state index is -0.268. The molecule has 0 spiro atoms. The summed E-state index contributed by atoms with van der Waals surface area (Å²) in [4.78, 5) is 17.3. The Kier molecular flexibility index (Phi) is 5.62. The number of aromatic nitrogens is 3. The maximum Gasteiger partial charge on any atom is 0.258 e. The number of halogens is 2. The van der Waals surface area contributed by atoms with Crippen LogP contribution in [0.3, 0.4) is 0 Å². The standard InChI is InChI=1S/C25H19Cl2N5O/c1-15-3-2-4-18(13-15)23(33)29-24-30-25-28-21(16-5-9-19(26)10-6-16)14-22(32(25)31-24)17-7-11-20(27)12-8-17/h2-14,22H,1H3,(H2,28,29,30,31,33). The van der Waals surface area contributed by atoms with Gasteiger partial charge >= 0.3 is 0 Å². The van der Waals surface area contributed by atoms with E-state index in [1.807, 2.05) is 73.7 Å². The number of nitrogens with zero attached hydrogens (tertiary/aromatic N) is 3. The molecule has 2 N–H and O–H groups in total. The van der Waals surface area contributed by atoms with Gasteiger partial charge in [0.1, 0.15) is 6.04 Å². The van der Waals surface area contributed by atoms with Crippen molar-refractivity contribution in [2.24, 2.45) is 0 Å². The van der Waals surface area contributed by atoms with Gasteiger partial charge in [-0.2, -0.15) is 4.98 Å².